The van der Waals surface area contributed by atoms with Crippen LogP contribution in [0.5, 0.6) is 0 Å². The van der Waals surface area contributed by atoms with Crippen LogP contribution in [-0.4, -0.2) is 45.4 Å². The van der Waals surface area contributed by atoms with Crippen LogP contribution in [0.1, 0.15) is 21.5 Å². The Balaban J connectivity index is 1.34. The lowest BCUT2D eigenvalue weighted by atomic mass is 10.1. The molecule has 0 radical (unpaired) electrons. The fraction of sp³-hybridized carbons (Fsp3) is 0.194. The highest BCUT2D eigenvalue weighted by molar-refractivity contribution is 7.92. The number of carbonyl (C=O) groups excluding carboxylic acids is 1. The Morgan fingerprint density at radius 3 is 2.08 bits per heavy atom. The number of anilines is 2. The van der Waals surface area contributed by atoms with E-state index >= 15 is 0 Å². The van der Waals surface area contributed by atoms with Gasteiger partial charge in [-0.2, -0.15) is 0 Å². The summed E-state index contributed by atoms with van der Waals surface area (Å²) in [4.78, 5) is 17.6. The highest BCUT2D eigenvalue weighted by Gasteiger charge is 2.27. The van der Waals surface area contributed by atoms with Gasteiger partial charge in [0.2, 0.25) is 0 Å². The SMILES string of the molecule is Cc1ccc(Cl)cc1N(Cc1ccc(C(=O)N2CCN(c3ccccc3)CC2)cc1)S(=O)(=O)c1ccccc1. The number of nitrogens with zero attached hydrogens (tertiary/aromatic N) is 3. The van der Waals surface area contributed by atoms with Gasteiger partial charge in [0, 0.05) is 42.5 Å². The van der Waals surface area contributed by atoms with Crippen molar-refractivity contribution in [3.8, 4) is 0 Å². The molecule has 1 aliphatic rings. The topological polar surface area (TPSA) is 60.9 Å². The fourth-order valence-corrected chi connectivity index (χ4v) is 6.47. The number of benzene rings is 4. The van der Waals surface area contributed by atoms with Crippen LogP contribution in [-0.2, 0) is 16.6 Å². The number of sulfonamides is 1. The van der Waals surface area contributed by atoms with Crippen molar-refractivity contribution in [1.82, 2.24) is 4.90 Å². The lowest BCUT2D eigenvalue weighted by Crippen LogP contribution is -2.48. The van der Waals surface area contributed by atoms with E-state index < -0.39 is 10.0 Å². The predicted molar refractivity (Wildman–Crippen MR) is 157 cm³/mol. The Bertz CT molecular complexity index is 1540. The molecule has 1 saturated heterocycles. The predicted octanol–water partition coefficient (Wildman–Crippen LogP) is 6.01. The molecule has 0 spiro atoms. The number of rotatable bonds is 7. The third kappa shape index (κ3) is 5.95. The average Bonchev–Trinajstić information content (AvgIpc) is 2.98. The number of carbonyl (C=O) groups is 1. The van der Waals surface area contributed by atoms with Crippen molar-refractivity contribution in [1.29, 1.82) is 0 Å². The smallest absolute Gasteiger partial charge is 0.264 e. The van der Waals surface area contributed by atoms with Crippen LogP contribution < -0.4 is 9.21 Å². The highest BCUT2D eigenvalue weighted by atomic mass is 35.5. The molecule has 1 fully saturated rings. The molecule has 0 atom stereocenters. The zero-order valence-corrected chi connectivity index (χ0v) is 23.3. The maximum Gasteiger partial charge on any atom is 0.264 e. The molecule has 8 heteroatoms. The molecule has 0 aliphatic carbocycles. The second-order valence-electron chi connectivity index (χ2n) is 9.57. The Hall–Kier alpha value is -3.81. The van der Waals surface area contributed by atoms with Gasteiger partial charge in [0.15, 0.2) is 0 Å². The molecule has 39 heavy (non-hydrogen) atoms. The third-order valence-corrected chi connectivity index (χ3v) is 9.00. The fourth-order valence-electron chi connectivity index (χ4n) is 4.78. The number of amides is 1. The molecule has 1 aliphatic heterocycles. The lowest BCUT2D eigenvalue weighted by molar-refractivity contribution is 0.0746. The zero-order valence-electron chi connectivity index (χ0n) is 21.7. The molecule has 200 valence electrons. The van der Waals surface area contributed by atoms with Crippen LogP contribution in [0.15, 0.2) is 108 Å². The van der Waals surface area contributed by atoms with Crippen molar-refractivity contribution in [3.05, 3.63) is 125 Å². The summed E-state index contributed by atoms with van der Waals surface area (Å²) in [5.74, 6) is -0.0197. The minimum atomic E-state index is -3.87. The van der Waals surface area contributed by atoms with Crippen LogP contribution in [0.3, 0.4) is 0 Å². The number of hydrogen-bond donors (Lipinski definition) is 0. The third-order valence-electron chi connectivity index (χ3n) is 6.99. The number of halogens is 1. The normalized spacial score (nSPS) is 13.8. The standard InChI is InChI=1S/C31H30ClN3O3S/c1-24-12-17-27(32)22-30(24)35(39(37,38)29-10-6-3-7-11-29)23-25-13-15-26(16-14-25)31(36)34-20-18-33(19-21-34)28-8-4-2-5-9-28/h2-17,22H,18-21,23H2,1H3. The van der Waals surface area contributed by atoms with Gasteiger partial charge in [0.1, 0.15) is 0 Å². The van der Waals surface area contributed by atoms with E-state index in [4.69, 9.17) is 11.6 Å². The first-order chi connectivity index (χ1) is 18.8. The second-order valence-corrected chi connectivity index (χ2v) is 11.9. The number of hydrogen-bond acceptors (Lipinski definition) is 4. The maximum absolute atomic E-state index is 13.7. The van der Waals surface area contributed by atoms with Gasteiger partial charge < -0.3 is 9.80 Å². The summed E-state index contributed by atoms with van der Waals surface area (Å²) in [5.41, 5.74) is 3.82. The molecule has 0 aromatic heterocycles. The molecule has 0 unspecified atom stereocenters. The van der Waals surface area contributed by atoms with E-state index in [0.29, 0.717) is 29.4 Å². The molecule has 0 N–H and O–H groups in total. The number of aryl methyl sites for hydroxylation is 1. The molecule has 5 rings (SSSR count). The van der Waals surface area contributed by atoms with E-state index in [1.807, 2.05) is 48.2 Å². The van der Waals surface area contributed by atoms with Crippen LogP contribution in [0.25, 0.3) is 0 Å². The Morgan fingerprint density at radius 1 is 0.821 bits per heavy atom. The Labute approximate surface area is 235 Å². The van der Waals surface area contributed by atoms with E-state index in [9.17, 15) is 13.2 Å². The van der Waals surface area contributed by atoms with Crippen molar-refractivity contribution in [3.63, 3.8) is 0 Å². The minimum absolute atomic E-state index is 0.0197. The quantitative estimate of drug-likeness (QED) is 0.278. The van der Waals surface area contributed by atoms with Gasteiger partial charge in [-0.25, -0.2) is 8.42 Å². The van der Waals surface area contributed by atoms with E-state index in [2.05, 4.69) is 17.0 Å². The van der Waals surface area contributed by atoms with E-state index in [1.165, 1.54) is 9.99 Å². The molecule has 0 saturated carbocycles. The molecule has 4 aromatic carbocycles. The van der Waals surface area contributed by atoms with Crippen LogP contribution in [0.2, 0.25) is 5.02 Å². The first-order valence-electron chi connectivity index (χ1n) is 12.8. The van der Waals surface area contributed by atoms with E-state index in [0.717, 1.165) is 24.2 Å². The molecule has 0 bridgehead atoms. The van der Waals surface area contributed by atoms with Gasteiger partial charge in [-0.15, -0.1) is 0 Å². The van der Waals surface area contributed by atoms with Crippen molar-refractivity contribution >= 4 is 38.9 Å². The largest absolute Gasteiger partial charge is 0.368 e. The minimum Gasteiger partial charge on any atom is -0.368 e. The van der Waals surface area contributed by atoms with Crippen molar-refractivity contribution in [2.45, 2.75) is 18.4 Å². The van der Waals surface area contributed by atoms with Crippen molar-refractivity contribution in [2.24, 2.45) is 0 Å². The lowest BCUT2D eigenvalue weighted by Gasteiger charge is -2.36. The Morgan fingerprint density at radius 2 is 1.44 bits per heavy atom. The van der Waals surface area contributed by atoms with Gasteiger partial charge in [0.05, 0.1) is 17.1 Å². The highest BCUT2D eigenvalue weighted by Crippen LogP contribution is 2.31. The van der Waals surface area contributed by atoms with Gasteiger partial charge in [-0.05, 0) is 66.6 Å². The van der Waals surface area contributed by atoms with Crippen LogP contribution in [0, 0.1) is 6.92 Å². The summed E-state index contributed by atoms with van der Waals surface area (Å²) >= 11 is 6.27. The first kappa shape index (κ1) is 26.8. The summed E-state index contributed by atoms with van der Waals surface area (Å²) in [5, 5.41) is 0.456. The number of piperazine rings is 1. The Kier molecular flexibility index (Phi) is 7.91. The van der Waals surface area contributed by atoms with E-state index in [-0.39, 0.29) is 17.3 Å². The zero-order chi connectivity index (χ0) is 27.4. The molecular formula is C31H30ClN3O3S. The van der Waals surface area contributed by atoms with Gasteiger partial charge in [-0.1, -0.05) is 66.2 Å². The first-order valence-corrected chi connectivity index (χ1v) is 14.7. The summed E-state index contributed by atoms with van der Waals surface area (Å²) < 4.78 is 28.8. The van der Waals surface area contributed by atoms with Crippen LogP contribution >= 0.6 is 11.6 Å². The molecule has 1 amide bonds. The number of para-hydroxylation sites is 1. The van der Waals surface area contributed by atoms with Crippen molar-refractivity contribution in [2.75, 3.05) is 35.4 Å². The van der Waals surface area contributed by atoms with Gasteiger partial charge in [0.25, 0.3) is 15.9 Å². The molecular weight excluding hydrogens is 530 g/mol. The summed E-state index contributed by atoms with van der Waals surface area (Å²) in [6.45, 7) is 4.80. The molecule has 1 heterocycles. The van der Waals surface area contributed by atoms with Gasteiger partial charge >= 0.3 is 0 Å². The summed E-state index contributed by atoms with van der Waals surface area (Å²) in [7, 11) is -3.87. The average molecular weight is 560 g/mol. The van der Waals surface area contributed by atoms with Crippen molar-refractivity contribution < 1.29 is 13.2 Å². The van der Waals surface area contributed by atoms with Crippen LogP contribution in [0.4, 0.5) is 11.4 Å². The summed E-state index contributed by atoms with van der Waals surface area (Å²) in [6, 6.07) is 31.0. The second kappa shape index (κ2) is 11.5. The summed E-state index contributed by atoms with van der Waals surface area (Å²) in [6.07, 6.45) is 0. The molecule has 6 nitrogen and oxygen atoms in total. The van der Waals surface area contributed by atoms with Gasteiger partial charge in [-0.3, -0.25) is 9.10 Å². The van der Waals surface area contributed by atoms with E-state index in [1.54, 1.807) is 54.6 Å². The maximum atomic E-state index is 13.7. The molecule has 4 aromatic rings. The monoisotopic (exact) mass is 559 g/mol.